The zero-order chi connectivity index (χ0) is 22.6. The summed E-state index contributed by atoms with van der Waals surface area (Å²) >= 11 is 0. The van der Waals surface area contributed by atoms with Crippen molar-refractivity contribution in [1.29, 1.82) is 0 Å². The Labute approximate surface area is 187 Å². The van der Waals surface area contributed by atoms with Crippen molar-refractivity contribution >= 4 is 12.1 Å². The normalized spacial score (nSPS) is 10.6. The average molecular weight is 434 g/mol. The first-order chi connectivity index (χ1) is 15.7. The summed E-state index contributed by atoms with van der Waals surface area (Å²) in [6, 6.07) is 21.8. The van der Waals surface area contributed by atoms with Crippen LogP contribution in [0.2, 0.25) is 0 Å². The second-order valence-corrected chi connectivity index (χ2v) is 6.65. The van der Waals surface area contributed by atoms with Crippen LogP contribution in [-0.2, 0) is 0 Å². The number of benzene rings is 3. The van der Waals surface area contributed by atoms with E-state index in [-0.39, 0.29) is 5.91 Å². The molecule has 0 aromatic heterocycles. The van der Waals surface area contributed by atoms with Crippen LogP contribution in [0, 0.1) is 0 Å². The molecule has 0 unspecified atom stereocenters. The van der Waals surface area contributed by atoms with Crippen LogP contribution in [0.1, 0.15) is 22.3 Å². The third-order valence-electron chi connectivity index (χ3n) is 4.50. The maximum atomic E-state index is 12.1. The van der Waals surface area contributed by atoms with Gasteiger partial charge in [0.05, 0.1) is 33.6 Å². The molecule has 0 saturated carbocycles. The molecule has 0 aliphatic rings. The van der Waals surface area contributed by atoms with E-state index in [0.29, 0.717) is 53.8 Å². The van der Waals surface area contributed by atoms with Crippen LogP contribution in [0.4, 0.5) is 0 Å². The topological polar surface area (TPSA) is 78.4 Å². The SMILES string of the molecule is COc1ccccc1OCCCOc1c(C=NNC(=O)c2ccccc2)cccc1OC. The van der Waals surface area contributed by atoms with Gasteiger partial charge in [0.25, 0.3) is 5.91 Å². The lowest BCUT2D eigenvalue weighted by Gasteiger charge is -2.14. The number of nitrogens with zero attached hydrogens (tertiary/aromatic N) is 1. The molecule has 3 rings (SSSR count). The minimum absolute atomic E-state index is 0.291. The number of nitrogens with one attached hydrogen (secondary N) is 1. The molecule has 0 bridgehead atoms. The van der Waals surface area contributed by atoms with E-state index in [4.69, 9.17) is 18.9 Å². The molecule has 7 heteroatoms. The Morgan fingerprint density at radius 3 is 2.22 bits per heavy atom. The third kappa shape index (κ3) is 6.25. The van der Waals surface area contributed by atoms with Crippen LogP contribution in [0.3, 0.4) is 0 Å². The lowest BCUT2D eigenvalue weighted by Crippen LogP contribution is -2.17. The molecule has 0 saturated heterocycles. The summed E-state index contributed by atoms with van der Waals surface area (Å²) in [5.74, 6) is 2.21. The van der Waals surface area contributed by atoms with Crippen molar-refractivity contribution in [3.05, 3.63) is 83.9 Å². The number of hydrazone groups is 1. The summed E-state index contributed by atoms with van der Waals surface area (Å²) in [6.07, 6.45) is 2.18. The Bertz CT molecular complexity index is 1040. The van der Waals surface area contributed by atoms with Crippen molar-refractivity contribution in [2.45, 2.75) is 6.42 Å². The van der Waals surface area contributed by atoms with Crippen LogP contribution in [0.5, 0.6) is 23.0 Å². The molecule has 1 N–H and O–H groups in total. The zero-order valence-electron chi connectivity index (χ0n) is 18.1. The molecule has 0 fully saturated rings. The number of carbonyl (C=O) groups is 1. The number of hydrogen-bond acceptors (Lipinski definition) is 6. The summed E-state index contributed by atoms with van der Waals surface area (Å²) < 4.78 is 22.4. The molecule has 0 aliphatic carbocycles. The molecule has 3 aromatic carbocycles. The highest BCUT2D eigenvalue weighted by atomic mass is 16.5. The highest BCUT2D eigenvalue weighted by molar-refractivity contribution is 5.95. The van der Waals surface area contributed by atoms with Crippen molar-refractivity contribution in [2.24, 2.45) is 5.10 Å². The van der Waals surface area contributed by atoms with Gasteiger partial charge in [-0.2, -0.15) is 5.10 Å². The van der Waals surface area contributed by atoms with Crippen LogP contribution in [0.25, 0.3) is 0 Å². The van der Waals surface area contributed by atoms with E-state index >= 15 is 0 Å². The highest BCUT2D eigenvalue weighted by Gasteiger charge is 2.10. The molecular formula is C25H26N2O5. The second kappa shape index (κ2) is 12.0. The van der Waals surface area contributed by atoms with Gasteiger partial charge in [0.2, 0.25) is 0 Å². The molecule has 7 nitrogen and oxygen atoms in total. The van der Waals surface area contributed by atoms with Gasteiger partial charge in [-0.3, -0.25) is 4.79 Å². The van der Waals surface area contributed by atoms with E-state index < -0.39 is 0 Å². The van der Waals surface area contributed by atoms with Crippen molar-refractivity contribution in [1.82, 2.24) is 5.43 Å². The average Bonchev–Trinajstić information content (AvgIpc) is 2.85. The zero-order valence-corrected chi connectivity index (χ0v) is 18.1. The summed E-state index contributed by atoms with van der Waals surface area (Å²) in [5, 5.41) is 4.06. The fourth-order valence-corrected chi connectivity index (χ4v) is 2.92. The van der Waals surface area contributed by atoms with Gasteiger partial charge in [0.15, 0.2) is 23.0 Å². The monoisotopic (exact) mass is 434 g/mol. The minimum atomic E-state index is -0.291. The highest BCUT2D eigenvalue weighted by Crippen LogP contribution is 2.30. The quantitative estimate of drug-likeness (QED) is 0.276. The Hall–Kier alpha value is -4.00. The summed E-state index contributed by atoms with van der Waals surface area (Å²) in [6.45, 7) is 0.874. The van der Waals surface area contributed by atoms with Gasteiger partial charge in [-0.05, 0) is 36.4 Å². The van der Waals surface area contributed by atoms with E-state index in [1.165, 1.54) is 6.21 Å². The first-order valence-electron chi connectivity index (χ1n) is 10.2. The van der Waals surface area contributed by atoms with E-state index in [1.807, 2.05) is 42.5 Å². The van der Waals surface area contributed by atoms with Gasteiger partial charge in [-0.1, -0.05) is 36.4 Å². The number of ether oxygens (including phenoxy) is 4. The third-order valence-corrected chi connectivity index (χ3v) is 4.50. The van der Waals surface area contributed by atoms with Crippen molar-refractivity contribution < 1.29 is 23.7 Å². The van der Waals surface area contributed by atoms with E-state index in [2.05, 4.69) is 10.5 Å². The maximum Gasteiger partial charge on any atom is 0.271 e. The van der Waals surface area contributed by atoms with Gasteiger partial charge in [-0.15, -0.1) is 0 Å². The summed E-state index contributed by atoms with van der Waals surface area (Å²) in [4.78, 5) is 12.1. The molecular weight excluding hydrogens is 408 g/mol. The lowest BCUT2D eigenvalue weighted by atomic mass is 10.2. The van der Waals surface area contributed by atoms with E-state index in [1.54, 1.807) is 44.6 Å². The first-order valence-corrected chi connectivity index (χ1v) is 10.2. The van der Waals surface area contributed by atoms with Crippen LogP contribution in [0.15, 0.2) is 77.9 Å². The second-order valence-electron chi connectivity index (χ2n) is 6.65. The molecule has 3 aromatic rings. The fourth-order valence-electron chi connectivity index (χ4n) is 2.92. The molecule has 0 spiro atoms. The van der Waals surface area contributed by atoms with Gasteiger partial charge < -0.3 is 18.9 Å². The maximum absolute atomic E-state index is 12.1. The van der Waals surface area contributed by atoms with Crippen LogP contribution >= 0.6 is 0 Å². The first kappa shape index (κ1) is 22.7. The Morgan fingerprint density at radius 2 is 1.47 bits per heavy atom. The number of rotatable bonds is 11. The molecule has 0 atom stereocenters. The van der Waals surface area contributed by atoms with E-state index in [0.717, 1.165) is 0 Å². The Balaban J connectivity index is 1.56. The van der Waals surface area contributed by atoms with Crippen LogP contribution < -0.4 is 24.4 Å². The predicted octanol–water partition coefficient (Wildman–Crippen LogP) is 4.32. The van der Waals surface area contributed by atoms with Crippen molar-refractivity contribution in [2.75, 3.05) is 27.4 Å². The Kier molecular flexibility index (Phi) is 8.50. The van der Waals surface area contributed by atoms with Crippen molar-refractivity contribution in [3.8, 4) is 23.0 Å². The Morgan fingerprint density at radius 1 is 0.812 bits per heavy atom. The standard InChI is InChI=1S/C25H26N2O5/c1-29-21-13-6-7-14-22(21)31-16-9-17-32-24-20(12-8-15-23(24)30-2)18-26-27-25(28)19-10-4-3-5-11-19/h3-8,10-15,18H,9,16-17H2,1-2H3,(H,27,28). The largest absolute Gasteiger partial charge is 0.493 e. The molecule has 0 heterocycles. The number of amides is 1. The lowest BCUT2D eigenvalue weighted by molar-refractivity contribution is 0.0955. The van der Waals surface area contributed by atoms with Gasteiger partial charge in [0, 0.05) is 17.5 Å². The van der Waals surface area contributed by atoms with Crippen molar-refractivity contribution in [3.63, 3.8) is 0 Å². The predicted molar refractivity (Wildman–Crippen MR) is 123 cm³/mol. The minimum Gasteiger partial charge on any atom is -0.493 e. The molecule has 166 valence electrons. The number of methoxy groups -OCH3 is 2. The van der Waals surface area contributed by atoms with E-state index in [9.17, 15) is 4.79 Å². The summed E-state index contributed by atoms with van der Waals surface area (Å²) in [7, 11) is 3.18. The fraction of sp³-hybridized carbons (Fsp3) is 0.200. The van der Waals surface area contributed by atoms with Crippen LogP contribution in [-0.4, -0.2) is 39.6 Å². The molecule has 0 radical (unpaired) electrons. The number of hydrogen-bond donors (Lipinski definition) is 1. The number of para-hydroxylation sites is 3. The smallest absolute Gasteiger partial charge is 0.271 e. The van der Waals surface area contributed by atoms with Gasteiger partial charge >= 0.3 is 0 Å². The van der Waals surface area contributed by atoms with Gasteiger partial charge in [0.1, 0.15) is 0 Å². The molecule has 32 heavy (non-hydrogen) atoms. The van der Waals surface area contributed by atoms with Gasteiger partial charge in [-0.25, -0.2) is 5.43 Å². The molecule has 1 amide bonds. The number of carbonyl (C=O) groups excluding carboxylic acids is 1. The molecule has 0 aliphatic heterocycles. The summed E-state index contributed by atoms with van der Waals surface area (Å²) in [5.41, 5.74) is 3.73.